The van der Waals surface area contributed by atoms with Crippen LogP contribution >= 0.6 is 11.3 Å². The summed E-state index contributed by atoms with van der Waals surface area (Å²) in [6.45, 7) is 6.60. The van der Waals surface area contributed by atoms with Crippen LogP contribution in [0.5, 0.6) is 0 Å². The zero-order valence-corrected chi connectivity index (χ0v) is 12.0. The van der Waals surface area contributed by atoms with E-state index in [1.165, 1.54) is 10.4 Å². The zero-order chi connectivity index (χ0) is 13.2. The number of hydrogen-bond acceptors (Lipinski definition) is 2. The first-order valence-electron chi connectivity index (χ1n) is 6.29. The first-order valence-corrected chi connectivity index (χ1v) is 7.10. The Bertz CT molecular complexity index is 493. The Morgan fingerprint density at radius 2 is 1.72 bits per heavy atom. The third-order valence-corrected chi connectivity index (χ3v) is 4.58. The molecule has 0 saturated heterocycles. The van der Waals surface area contributed by atoms with Gasteiger partial charge in [0.15, 0.2) is 0 Å². The molecule has 0 spiro atoms. The highest BCUT2D eigenvalue weighted by molar-refractivity contribution is 7.12. The minimum Gasteiger partial charge on any atom is -0.387 e. The van der Waals surface area contributed by atoms with Crippen LogP contribution in [0.1, 0.15) is 42.2 Å². The number of thiophene rings is 1. The van der Waals surface area contributed by atoms with Crippen LogP contribution in [0.4, 0.5) is 0 Å². The predicted octanol–water partition coefficient (Wildman–Crippen LogP) is 4.32. The van der Waals surface area contributed by atoms with Gasteiger partial charge in [0.05, 0.1) is 6.10 Å². The van der Waals surface area contributed by atoms with Crippen molar-refractivity contribution in [3.05, 3.63) is 57.8 Å². The Kier molecular flexibility index (Phi) is 3.88. The molecule has 0 saturated carbocycles. The topological polar surface area (TPSA) is 20.2 Å². The SMILES string of the molecule is CC(C)(C)c1ccc(C(O)Cc2ccccc2)s1. The highest BCUT2D eigenvalue weighted by atomic mass is 32.1. The molecule has 0 aliphatic heterocycles. The maximum Gasteiger partial charge on any atom is 0.0922 e. The highest BCUT2D eigenvalue weighted by Gasteiger charge is 2.18. The molecule has 2 heteroatoms. The molecule has 0 bridgehead atoms. The van der Waals surface area contributed by atoms with E-state index >= 15 is 0 Å². The molecule has 0 aliphatic carbocycles. The molecule has 18 heavy (non-hydrogen) atoms. The average Bonchev–Trinajstić information content (AvgIpc) is 2.79. The summed E-state index contributed by atoms with van der Waals surface area (Å²) in [5.41, 5.74) is 1.34. The van der Waals surface area contributed by atoms with Gasteiger partial charge >= 0.3 is 0 Å². The molecule has 1 N–H and O–H groups in total. The fraction of sp³-hybridized carbons (Fsp3) is 0.375. The predicted molar refractivity (Wildman–Crippen MR) is 78.1 cm³/mol. The van der Waals surface area contributed by atoms with Crippen LogP contribution in [0.2, 0.25) is 0 Å². The molecule has 0 fully saturated rings. The molecule has 0 amide bonds. The van der Waals surface area contributed by atoms with Crippen LogP contribution < -0.4 is 0 Å². The summed E-state index contributed by atoms with van der Waals surface area (Å²) in [7, 11) is 0. The lowest BCUT2D eigenvalue weighted by Crippen LogP contribution is -2.07. The lowest BCUT2D eigenvalue weighted by atomic mass is 9.95. The van der Waals surface area contributed by atoms with Crippen molar-refractivity contribution in [1.29, 1.82) is 0 Å². The summed E-state index contributed by atoms with van der Waals surface area (Å²) in [4.78, 5) is 2.38. The molecule has 1 aromatic carbocycles. The number of aliphatic hydroxyl groups is 1. The molecule has 2 rings (SSSR count). The molecule has 1 heterocycles. The molecular formula is C16H20OS. The van der Waals surface area contributed by atoms with Gasteiger partial charge in [-0.15, -0.1) is 11.3 Å². The number of benzene rings is 1. The average molecular weight is 260 g/mol. The van der Waals surface area contributed by atoms with Crippen molar-refractivity contribution in [2.45, 2.75) is 38.7 Å². The van der Waals surface area contributed by atoms with E-state index in [-0.39, 0.29) is 5.41 Å². The lowest BCUT2D eigenvalue weighted by molar-refractivity contribution is 0.182. The van der Waals surface area contributed by atoms with Crippen LogP contribution in [0, 0.1) is 0 Å². The minimum absolute atomic E-state index is 0.162. The van der Waals surface area contributed by atoms with E-state index in [9.17, 15) is 5.11 Å². The number of hydrogen-bond donors (Lipinski definition) is 1. The zero-order valence-electron chi connectivity index (χ0n) is 11.2. The smallest absolute Gasteiger partial charge is 0.0922 e. The first-order chi connectivity index (χ1) is 8.47. The summed E-state index contributed by atoms with van der Waals surface area (Å²) in [6, 6.07) is 14.3. The van der Waals surface area contributed by atoms with Gasteiger partial charge in [-0.1, -0.05) is 51.1 Å². The third kappa shape index (κ3) is 3.21. The first kappa shape index (κ1) is 13.3. The van der Waals surface area contributed by atoms with Gasteiger partial charge in [0.1, 0.15) is 0 Å². The number of rotatable bonds is 3. The maximum atomic E-state index is 10.3. The van der Waals surface area contributed by atoms with Gasteiger partial charge in [0.25, 0.3) is 0 Å². The van der Waals surface area contributed by atoms with E-state index in [1.54, 1.807) is 11.3 Å². The van der Waals surface area contributed by atoms with E-state index in [1.807, 2.05) is 18.2 Å². The molecule has 1 atom stereocenters. The molecule has 1 nitrogen and oxygen atoms in total. The quantitative estimate of drug-likeness (QED) is 0.871. The summed E-state index contributed by atoms with van der Waals surface area (Å²) in [5, 5.41) is 10.3. The van der Waals surface area contributed by atoms with E-state index in [0.29, 0.717) is 6.42 Å². The van der Waals surface area contributed by atoms with Crippen molar-refractivity contribution in [2.24, 2.45) is 0 Å². The second-order valence-corrected chi connectivity index (χ2v) is 6.77. The van der Waals surface area contributed by atoms with E-state index in [2.05, 4.69) is 45.0 Å². The Balaban J connectivity index is 2.10. The minimum atomic E-state index is -0.395. The lowest BCUT2D eigenvalue weighted by Gasteiger charge is -2.15. The van der Waals surface area contributed by atoms with Crippen LogP contribution in [0.15, 0.2) is 42.5 Å². The Hall–Kier alpha value is -1.12. The third-order valence-electron chi connectivity index (χ3n) is 2.97. The van der Waals surface area contributed by atoms with Gasteiger partial charge in [0.2, 0.25) is 0 Å². The molecule has 1 aromatic heterocycles. The molecule has 0 aliphatic rings. The van der Waals surface area contributed by atoms with Crippen molar-refractivity contribution in [3.8, 4) is 0 Å². The molecule has 96 valence electrons. The monoisotopic (exact) mass is 260 g/mol. The van der Waals surface area contributed by atoms with Crippen LogP contribution in [-0.2, 0) is 11.8 Å². The largest absolute Gasteiger partial charge is 0.387 e. The van der Waals surface area contributed by atoms with Crippen molar-refractivity contribution >= 4 is 11.3 Å². The second kappa shape index (κ2) is 5.25. The standard InChI is InChI=1S/C16H20OS/c1-16(2,3)15-10-9-14(18-15)13(17)11-12-7-5-4-6-8-12/h4-10,13,17H,11H2,1-3H3. The molecular weight excluding hydrogens is 240 g/mol. The fourth-order valence-electron chi connectivity index (χ4n) is 1.87. The summed E-state index contributed by atoms with van der Waals surface area (Å²) >= 11 is 1.72. The van der Waals surface area contributed by atoms with Gasteiger partial charge in [-0.3, -0.25) is 0 Å². The normalized spacial score (nSPS) is 13.6. The Morgan fingerprint density at radius 1 is 1.06 bits per heavy atom. The van der Waals surface area contributed by atoms with E-state index in [0.717, 1.165) is 4.88 Å². The highest BCUT2D eigenvalue weighted by Crippen LogP contribution is 2.33. The Labute approximate surface area is 113 Å². The van der Waals surface area contributed by atoms with Gasteiger partial charge in [-0.2, -0.15) is 0 Å². The van der Waals surface area contributed by atoms with E-state index in [4.69, 9.17) is 0 Å². The van der Waals surface area contributed by atoms with Crippen LogP contribution in [0.25, 0.3) is 0 Å². The van der Waals surface area contributed by atoms with Crippen molar-refractivity contribution in [1.82, 2.24) is 0 Å². The van der Waals surface area contributed by atoms with Crippen molar-refractivity contribution < 1.29 is 5.11 Å². The van der Waals surface area contributed by atoms with Gasteiger partial charge in [-0.25, -0.2) is 0 Å². The molecule has 0 radical (unpaired) electrons. The number of aliphatic hydroxyl groups excluding tert-OH is 1. The molecule has 1 unspecified atom stereocenters. The van der Waals surface area contributed by atoms with Crippen LogP contribution in [0.3, 0.4) is 0 Å². The van der Waals surface area contributed by atoms with Gasteiger partial charge < -0.3 is 5.11 Å². The Morgan fingerprint density at radius 3 is 2.28 bits per heavy atom. The maximum absolute atomic E-state index is 10.3. The van der Waals surface area contributed by atoms with E-state index < -0.39 is 6.10 Å². The van der Waals surface area contributed by atoms with Gasteiger partial charge in [-0.05, 0) is 23.1 Å². The van der Waals surface area contributed by atoms with Crippen molar-refractivity contribution in [2.75, 3.05) is 0 Å². The van der Waals surface area contributed by atoms with Crippen LogP contribution in [-0.4, -0.2) is 5.11 Å². The second-order valence-electron chi connectivity index (χ2n) is 5.66. The summed E-state index contributed by atoms with van der Waals surface area (Å²) in [6.07, 6.45) is 0.291. The fourth-order valence-corrected chi connectivity index (χ4v) is 2.92. The summed E-state index contributed by atoms with van der Waals surface area (Å²) in [5.74, 6) is 0. The summed E-state index contributed by atoms with van der Waals surface area (Å²) < 4.78 is 0. The molecule has 2 aromatic rings. The van der Waals surface area contributed by atoms with Gasteiger partial charge in [0, 0.05) is 16.2 Å². The van der Waals surface area contributed by atoms with Crippen molar-refractivity contribution in [3.63, 3.8) is 0 Å².